The topological polar surface area (TPSA) is 64.2 Å². The number of carbonyl (C=O) groups excluding carboxylic acids is 1. The lowest BCUT2D eigenvalue weighted by molar-refractivity contribution is -0.132. The van der Waals surface area contributed by atoms with Crippen molar-refractivity contribution in [2.24, 2.45) is 0 Å². The lowest BCUT2D eigenvalue weighted by Gasteiger charge is -2.29. The van der Waals surface area contributed by atoms with Gasteiger partial charge in [0.05, 0.1) is 0 Å². The van der Waals surface area contributed by atoms with Crippen LogP contribution >= 0.6 is 0 Å². The van der Waals surface area contributed by atoms with Gasteiger partial charge in [-0.25, -0.2) is 0 Å². The van der Waals surface area contributed by atoms with Crippen LogP contribution in [0.2, 0.25) is 0 Å². The number of benzene rings is 1. The molecule has 6 nitrogen and oxygen atoms in total. The summed E-state index contributed by atoms with van der Waals surface area (Å²) in [6, 6.07) is 12.2. The number of nitrogens with zero attached hydrogens (tertiary/aromatic N) is 4. The first-order valence-corrected chi connectivity index (χ1v) is 9.11. The molecule has 3 aromatic rings. The van der Waals surface area contributed by atoms with Gasteiger partial charge in [0, 0.05) is 25.2 Å². The summed E-state index contributed by atoms with van der Waals surface area (Å²) in [7, 11) is 0. The van der Waals surface area contributed by atoms with Crippen molar-refractivity contribution >= 4 is 5.91 Å². The van der Waals surface area contributed by atoms with Crippen LogP contribution in [0.4, 0.5) is 0 Å². The van der Waals surface area contributed by atoms with Crippen molar-refractivity contribution in [1.82, 2.24) is 19.7 Å². The van der Waals surface area contributed by atoms with Gasteiger partial charge in [-0.3, -0.25) is 4.79 Å². The van der Waals surface area contributed by atoms with E-state index in [4.69, 9.17) is 4.42 Å². The van der Waals surface area contributed by atoms with Gasteiger partial charge in [0.2, 0.25) is 11.8 Å². The number of carbonyl (C=O) groups is 1. The summed E-state index contributed by atoms with van der Waals surface area (Å²) >= 11 is 0. The highest BCUT2D eigenvalue weighted by Crippen LogP contribution is 2.39. The molecule has 0 N–H and O–H groups in total. The fraction of sp³-hybridized carbons (Fsp3) is 0.350. The smallest absolute Gasteiger partial charge is 0.264 e. The van der Waals surface area contributed by atoms with Gasteiger partial charge in [-0.1, -0.05) is 24.3 Å². The zero-order valence-electron chi connectivity index (χ0n) is 14.5. The van der Waals surface area contributed by atoms with Crippen LogP contribution in [0.15, 0.2) is 47.0 Å². The Bertz CT molecular complexity index is 954. The molecule has 2 aliphatic rings. The molecule has 0 unspecified atom stereocenters. The van der Waals surface area contributed by atoms with Crippen molar-refractivity contribution in [2.45, 2.75) is 38.3 Å². The average Bonchev–Trinajstić information content (AvgIpc) is 3.23. The fourth-order valence-corrected chi connectivity index (χ4v) is 3.53. The Morgan fingerprint density at radius 3 is 2.81 bits per heavy atom. The highest BCUT2D eigenvalue weighted by atomic mass is 16.4. The van der Waals surface area contributed by atoms with Gasteiger partial charge < -0.3 is 13.9 Å². The van der Waals surface area contributed by atoms with Gasteiger partial charge >= 0.3 is 0 Å². The molecule has 2 aromatic heterocycles. The van der Waals surface area contributed by atoms with E-state index in [9.17, 15) is 4.79 Å². The van der Waals surface area contributed by atoms with Gasteiger partial charge in [-0.05, 0) is 42.5 Å². The first kappa shape index (κ1) is 15.4. The molecule has 3 heterocycles. The summed E-state index contributed by atoms with van der Waals surface area (Å²) in [6.45, 7) is 1.72. The van der Waals surface area contributed by atoms with E-state index >= 15 is 0 Å². The van der Waals surface area contributed by atoms with Crippen LogP contribution in [0.5, 0.6) is 0 Å². The van der Waals surface area contributed by atoms with E-state index in [0.717, 1.165) is 31.5 Å². The molecule has 0 saturated heterocycles. The second kappa shape index (κ2) is 6.12. The number of hydrogen-bond acceptors (Lipinski definition) is 4. The van der Waals surface area contributed by atoms with Gasteiger partial charge in [0.25, 0.3) is 5.89 Å². The first-order chi connectivity index (χ1) is 12.8. The maximum Gasteiger partial charge on any atom is 0.264 e. The number of amides is 1. The maximum absolute atomic E-state index is 12.8. The second-order valence-electron chi connectivity index (χ2n) is 7.08. The molecule has 1 aliphatic carbocycles. The molecule has 0 spiro atoms. The third kappa shape index (κ3) is 2.81. The molecular formula is C20H20N4O2. The van der Waals surface area contributed by atoms with Crippen molar-refractivity contribution in [2.75, 3.05) is 6.54 Å². The van der Waals surface area contributed by atoms with Gasteiger partial charge in [-0.2, -0.15) is 0 Å². The summed E-state index contributed by atoms with van der Waals surface area (Å²) < 4.78 is 7.69. The van der Waals surface area contributed by atoms with Crippen LogP contribution in [0.3, 0.4) is 0 Å². The standard InChI is InChI=1S/C20H20N4O2/c25-18(24-11-9-14-4-1-2-5-16(14)12-24)13-23-10-3-6-17(23)20-22-21-19(26-20)15-7-8-15/h1-6,10,15H,7-9,11-13H2. The van der Waals surface area contributed by atoms with Crippen LogP contribution in [0.25, 0.3) is 11.6 Å². The Morgan fingerprint density at radius 2 is 1.96 bits per heavy atom. The molecule has 26 heavy (non-hydrogen) atoms. The number of rotatable bonds is 4. The van der Waals surface area contributed by atoms with Crippen LogP contribution in [0, 0.1) is 0 Å². The Balaban J connectivity index is 1.32. The molecule has 1 fully saturated rings. The summed E-state index contributed by atoms with van der Waals surface area (Å²) in [4.78, 5) is 14.7. The molecule has 0 bridgehead atoms. The molecule has 5 rings (SSSR count). The minimum Gasteiger partial charge on any atom is -0.419 e. The minimum absolute atomic E-state index is 0.110. The highest BCUT2D eigenvalue weighted by molar-refractivity contribution is 5.77. The normalized spacial score (nSPS) is 16.5. The molecule has 1 amide bonds. The summed E-state index contributed by atoms with van der Waals surface area (Å²) in [5.74, 6) is 1.74. The first-order valence-electron chi connectivity index (χ1n) is 9.11. The number of hydrogen-bond donors (Lipinski definition) is 0. The third-order valence-electron chi connectivity index (χ3n) is 5.20. The van der Waals surface area contributed by atoms with E-state index in [1.54, 1.807) is 0 Å². The van der Waals surface area contributed by atoms with Gasteiger partial charge in [0.15, 0.2) is 0 Å². The van der Waals surface area contributed by atoms with Crippen LogP contribution in [-0.2, 0) is 24.3 Å². The van der Waals surface area contributed by atoms with Gasteiger partial charge in [-0.15, -0.1) is 10.2 Å². The third-order valence-corrected chi connectivity index (χ3v) is 5.20. The monoisotopic (exact) mass is 348 g/mol. The van der Waals surface area contributed by atoms with E-state index in [-0.39, 0.29) is 12.5 Å². The predicted octanol–water partition coefficient (Wildman–Crippen LogP) is 3.00. The SMILES string of the molecule is O=C(Cn1cccc1-c1nnc(C2CC2)o1)N1CCc2ccccc2C1. The van der Waals surface area contributed by atoms with Crippen LogP contribution in [0.1, 0.15) is 35.8 Å². The van der Waals surface area contributed by atoms with Crippen molar-refractivity contribution in [3.63, 3.8) is 0 Å². The summed E-state index contributed by atoms with van der Waals surface area (Å²) in [5.41, 5.74) is 3.39. The fourth-order valence-electron chi connectivity index (χ4n) is 3.53. The molecular weight excluding hydrogens is 328 g/mol. The van der Waals surface area contributed by atoms with E-state index in [1.165, 1.54) is 11.1 Å². The second-order valence-corrected chi connectivity index (χ2v) is 7.08. The van der Waals surface area contributed by atoms with Crippen molar-refractivity contribution in [1.29, 1.82) is 0 Å². The lowest BCUT2D eigenvalue weighted by Crippen LogP contribution is -2.38. The molecule has 1 aliphatic heterocycles. The molecule has 1 aromatic carbocycles. The van der Waals surface area contributed by atoms with Crippen molar-refractivity contribution in [3.05, 3.63) is 59.6 Å². The Morgan fingerprint density at radius 1 is 1.12 bits per heavy atom. The zero-order valence-corrected chi connectivity index (χ0v) is 14.5. The van der Waals surface area contributed by atoms with Crippen molar-refractivity contribution < 1.29 is 9.21 Å². The minimum atomic E-state index is 0.110. The van der Waals surface area contributed by atoms with Crippen LogP contribution in [-0.4, -0.2) is 32.1 Å². The quantitative estimate of drug-likeness (QED) is 0.727. The Labute approximate surface area is 151 Å². The van der Waals surface area contributed by atoms with E-state index < -0.39 is 0 Å². The molecule has 1 saturated carbocycles. The van der Waals surface area contributed by atoms with E-state index in [0.29, 0.717) is 24.2 Å². The van der Waals surface area contributed by atoms with Crippen LogP contribution < -0.4 is 0 Å². The van der Waals surface area contributed by atoms with Crippen molar-refractivity contribution in [3.8, 4) is 11.6 Å². The summed E-state index contributed by atoms with van der Waals surface area (Å²) in [6.07, 6.45) is 5.05. The lowest BCUT2D eigenvalue weighted by atomic mass is 10.00. The number of fused-ring (bicyclic) bond motifs is 1. The Kier molecular flexibility index (Phi) is 3.62. The highest BCUT2D eigenvalue weighted by Gasteiger charge is 2.30. The van der Waals surface area contributed by atoms with Gasteiger partial charge in [0.1, 0.15) is 12.2 Å². The summed E-state index contributed by atoms with van der Waals surface area (Å²) in [5, 5.41) is 8.31. The molecule has 132 valence electrons. The Hall–Kier alpha value is -2.89. The molecule has 0 atom stereocenters. The van der Waals surface area contributed by atoms with E-state index in [2.05, 4.69) is 28.4 Å². The molecule has 0 radical (unpaired) electrons. The predicted molar refractivity (Wildman–Crippen MR) is 95.3 cm³/mol. The number of aromatic nitrogens is 3. The zero-order chi connectivity index (χ0) is 17.5. The van der Waals surface area contributed by atoms with E-state index in [1.807, 2.05) is 33.9 Å². The largest absolute Gasteiger partial charge is 0.419 e. The molecule has 6 heteroatoms. The average molecular weight is 348 g/mol. The maximum atomic E-state index is 12.8.